The molecule has 0 aliphatic carbocycles. The lowest BCUT2D eigenvalue weighted by molar-refractivity contribution is -0.128. The van der Waals surface area contributed by atoms with Gasteiger partial charge in [-0.25, -0.2) is 0 Å². The molecule has 1 aliphatic heterocycles. The molecule has 0 bridgehead atoms. The van der Waals surface area contributed by atoms with E-state index in [1.54, 1.807) is 7.11 Å². The zero-order chi connectivity index (χ0) is 16.5. The third kappa shape index (κ3) is 5.73. The summed E-state index contributed by atoms with van der Waals surface area (Å²) in [6, 6.07) is 7.25. The molecule has 0 saturated carbocycles. The van der Waals surface area contributed by atoms with Gasteiger partial charge in [0.25, 0.3) is 5.91 Å². The zero-order valence-corrected chi connectivity index (χ0v) is 13.9. The Morgan fingerprint density at radius 1 is 1.26 bits per heavy atom. The molecule has 0 aromatic heterocycles. The van der Waals surface area contributed by atoms with Crippen LogP contribution in [0.1, 0.15) is 13.3 Å². The molecule has 0 spiro atoms. The van der Waals surface area contributed by atoms with E-state index in [0.29, 0.717) is 18.7 Å². The molecule has 1 aromatic rings. The number of hydrogen-bond acceptors (Lipinski definition) is 5. The number of methoxy groups -OCH3 is 1. The van der Waals surface area contributed by atoms with E-state index in [9.17, 15) is 4.79 Å². The number of nitrogens with zero attached hydrogens (tertiary/aromatic N) is 1. The van der Waals surface area contributed by atoms with Crippen molar-refractivity contribution in [1.29, 1.82) is 0 Å². The molecule has 1 atom stereocenters. The van der Waals surface area contributed by atoms with Gasteiger partial charge in [0.15, 0.2) is 6.10 Å². The van der Waals surface area contributed by atoms with Crippen LogP contribution >= 0.6 is 0 Å². The fourth-order valence-corrected chi connectivity index (χ4v) is 2.42. The summed E-state index contributed by atoms with van der Waals surface area (Å²) < 4.78 is 16.2. The van der Waals surface area contributed by atoms with E-state index in [-0.39, 0.29) is 5.91 Å². The van der Waals surface area contributed by atoms with Gasteiger partial charge in [-0.1, -0.05) is 6.92 Å². The number of carbonyl (C=O) groups is 1. The lowest BCUT2D eigenvalue weighted by Crippen LogP contribution is -2.44. The summed E-state index contributed by atoms with van der Waals surface area (Å²) in [7, 11) is 1.62. The molecule has 23 heavy (non-hydrogen) atoms. The minimum absolute atomic E-state index is 0.0726. The molecule has 2 rings (SSSR count). The first-order valence-corrected chi connectivity index (χ1v) is 8.11. The maximum Gasteiger partial charge on any atom is 0.261 e. The van der Waals surface area contributed by atoms with E-state index in [4.69, 9.17) is 14.2 Å². The second kappa shape index (κ2) is 9.37. The average Bonchev–Trinajstić information content (AvgIpc) is 2.61. The normalized spacial score (nSPS) is 16.6. The van der Waals surface area contributed by atoms with Crippen LogP contribution in [0.3, 0.4) is 0 Å². The lowest BCUT2D eigenvalue weighted by Gasteiger charge is -2.26. The van der Waals surface area contributed by atoms with Gasteiger partial charge in [0, 0.05) is 26.2 Å². The van der Waals surface area contributed by atoms with Crippen molar-refractivity contribution >= 4 is 5.91 Å². The van der Waals surface area contributed by atoms with Gasteiger partial charge in [-0.15, -0.1) is 0 Å². The molecule has 1 aromatic carbocycles. The summed E-state index contributed by atoms with van der Waals surface area (Å²) in [6.07, 6.45) is 0.142. The summed E-state index contributed by atoms with van der Waals surface area (Å²) in [5, 5.41) is 2.95. The molecule has 1 heterocycles. The highest BCUT2D eigenvalue weighted by Crippen LogP contribution is 2.18. The number of morpholine rings is 1. The monoisotopic (exact) mass is 322 g/mol. The number of nitrogens with one attached hydrogen (secondary N) is 1. The minimum Gasteiger partial charge on any atom is -0.497 e. The van der Waals surface area contributed by atoms with Crippen LogP contribution in [0.2, 0.25) is 0 Å². The highest BCUT2D eigenvalue weighted by molar-refractivity contribution is 5.81. The molecule has 1 N–H and O–H groups in total. The molecular formula is C17H26N2O4. The number of ether oxygens (including phenoxy) is 3. The summed E-state index contributed by atoms with van der Waals surface area (Å²) in [4.78, 5) is 14.5. The summed E-state index contributed by atoms with van der Waals surface area (Å²) in [5.41, 5.74) is 0. The summed E-state index contributed by atoms with van der Waals surface area (Å²) in [5.74, 6) is 1.36. The Bertz CT molecular complexity index is 472. The molecule has 1 fully saturated rings. The standard InChI is InChI=1S/C17H26N2O4/c1-3-16(23-15-6-4-14(21-2)5-7-15)17(20)18-8-9-19-10-12-22-13-11-19/h4-7,16H,3,8-13H2,1-2H3,(H,18,20). The Morgan fingerprint density at radius 2 is 1.91 bits per heavy atom. The smallest absolute Gasteiger partial charge is 0.261 e. The Kier molecular flexibility index (Phi) is 7.16. The molecule has 1 aliphatic rings. The zero-order valence-electron chi connectivity index (χ0n) is 13.9. The fourth-order valence-electron chi connectivity index (χ4n) is 2.42. The van der Waals surface area contributed by atoms with Crippen molar-refractivity contribution in [1.82, 2.24) is 10.2 Å². The lowest BCUT2D eigenvalue weighted by atomic mass is 10.2. The number of hydrogen-bond donors (Lipinski definition) is 1. The highest BCUT2D eigenvalue weighted by atomic mass is 16.5. The third-order valence-electron chi connectivity index (χ3n) is 3.83. The van der Waals surface area contributed by atoms with Crippen LogP contribution in [0.25, 0.3) is 0 Å². The summed E-state index contributed by atoms with van der Waals surface area (Å²) >= 11 is 0. The van der Waals surface area contributed by atoms with Gasteiger partial charge in [0.1, 0.15) is 11.5 Å². The number of rotatable bonds is 8. The van der Waals surface area contributed by atoms with Gasteiger partial charge in [0.05, 0.1) is 20.3 Å². The molecule has 6 nitrogen and oxygen atoms in total. The molecular weight excluding hydrogens is 296 g/mol. The topological polar surface area (TPSA) is 60.0 Å². The van der Waals surface area contributed by atoms with E-state index in [0.717, 1.165) is 38.6 Å². The van der Waals surface area contributed by atoms with E-state index in [2.05, 4.69) is 10.2 Å². The Labute approximate surface area is 137 Å². The van der Waals surface area contributed by atoms with Crippen LogP contribution in [-0.2, 0) is 9.53 Å². The SMILES string of the molecule is CCC(Oc1ccc(OC)cc1)C(=O)NCCN1CCOCC1. The van der Waals surface area contributed by atoms with Gasteiger partial charge in [-0.3, -0.25) is 9.69 Å². The maximum atomic E-state index is 12.2. The largest absolute Gasteiger partial charge is 0.497 e. The Hall–Kier alpha value is -1.79. The van der Waals surface area contributed by atoms with Crippen molar-refractivity contribution in [2.24, 2.45) is 0 Å². The number of benzene rings is 1. The van der Waals surface area contributed by atoms with Crippen molar-refractivity contribution in [2.75, 3.05) is 46.5 Å². The van der Waals surface area contributed by atoms with Crippen LogP contribution in [0, 0.1) is 0 Å². The van der Waals surface area contributed by atoms with Gasteiger partial charge in [-0.05, 0) is 30.7 Å². The van der Waals surface area contributed by atoms with Gasteiger partial charge < -0.3 is 19.5 Å². The Balaban J connectivity index is 1.75. The first kappa shape index (κ1) is 17.6. The number of amides is 1. The van der Waals surface area contributed by atoms with Crippen molar-refractivity contribution in [3.05, 3.63) is 24.3 Å². The van der Waals surface area contributed by atoms with Gasteiger partial charge in [-0.2, -0.15) is 0 Å². The second-order valence-electron chi connectivity index (χ2n) is 5.44. The van der Waals surface area contributed by atoms with Crippen LogP contribution in [-0.4, -0.2) is 63.4 Å². The van der Waals surface area contributed by atoms with Crippen LogP contribution in [0.5, 0.6) is 11.5 Å². The average molecular weight is 322 g/mol. The fraction of sp³-hybridized carbons (Fsp3) is 0.588. The molecule has 0 radical (unpaired) electrons. The van der Waals surface area contributed by atoms with Crippen molar-refractivity contribution in [3.8, 4) is 11.5 Å². The molecule has 6 heteroatoms. The maximum absolute atomic E-state index is 12.2. The van der Waals surface area contributed by atoms with E-state index < -0.39 is 6.10 Å². The first-order valence-electron chi connectivity index (χ1n) is 8.11. The first-order chi connectivity index (χ1) is 11.2. The second-order valence-corrected chi connectivity index (χ2v) is 5.44. The van der Waals surface area contributed by atoms with Crippen molar-refractivity contribution < 1.29 is 19.0 Å². The van der Waals surface area contributed by atoms with Crippen molar-refractivity contribution in [2.45, 2.75) is 19.4 Å². The molecule has 1 unspecified atom stereocenters. The van der Waals surface area contributed by atoms with Gasteiger partial charge in [0.2, 0.25) is 0 Å². The van der Waals surface area contributed by atoms with E-state index in [1.165, 1.54) is 0 Å². The van der Waals surface area contributed by atoms with Gasteiger partial charge >= 0.3 is 0 Å². The van der Waals surface area contributed by atoms with Crippen molar-refractivity contribution in [3.63, 3.8) is 0 Å². The Morgan fingerprint density at radius 3 is 2.52 bits per heavy atom. The number of carbonyl (C=O) groups excluding carboxylic acids is 1. The van der Waals surface area contributed by atoms with E-state index >= 15 is 0 Å². The minimum atomic E-state index is -0.479. The molecule has 1 saturated heterocycles. The molecule has 1 amide bonds. The van der Waals surface area contributed by atoms with Crippen LogP contribution in [0.4, 0.5) is 0 Å². The predicted octanol–water partition coefficient (Wildman–Crippen LogP) is 1.30. The third-order valence-corrected chi connectivity index (χ3v) is 3.83. The summed E-state index contributed by atoms with van der Waals surface area (Å²) in [6.45, 7) is 6.80. The predicted molar refractivity (Wildman–Crippen MR) is 88.0 cm³/mol. The quantitative estimate of drug-likeness (QED) is 0.782. The highest BCUT2D eigenvalue weighted by Gasteiger charge is 2.18. The molecule has 128 valence electrons. The van der Waals surface area contributed by atoms with Crippen LogP contribution < -0.4 is 14.8 Å². The van der Waals surface area contributed by atoms with E-state index in [1.807, 2.05) is 31.2 Å². The van der Waals surface area contributed by atoms with Crippen LogP contribution in [0.15, 0.2) is 24.3 Å².